The molecule has 1 rings (SSSR count). The van der Waals surface area contributed by atoms with Gasteiger partial charge in [-0.1, -0.05) is 15.9 Å². The Kier molecular flexibility index (Phi) is 6.15. The first kappa shape index (κ1) is 15.0. The van der Waals surface area contributed by atoms with E-state index in [-0.39, 0.29) is 11.9 Å². The number of likely N-dealkylation sites (N-methyl/N-ethyl adjacent to an activating group) is 1. The number of hydrogen-bond donors (Lipinski definition) is 2. The number of amides is 1. The van der Waals surface area contributed by atoms with Crippen LogP contribution in [0.5, 0.6) is 5.75 Å². The number of methoxy groups -OCH3 is 1. The Bertz CT molecular complexity index is 410. The molecule has 0 saturated carbocycles. The number of ether oxygens (including phenoxy) is 1. The lowest BCUT2D eigenvalue weighted by Gasteiger charge is -2.14. The minimum atomic E-state index is -0.219. The van der Waals surface area contributed by atoms with Crippen LogP contribution in [0.15, 0.2) is 22.7 Å². The number of carbonyl (C=O) groups is 1. The van der Waals surface area contributed by atoms with E-state index in [4.69, 9.17) is 4.74 Å². The van der Waals surface area contributed by atoms with Crippen molar-refractivity contribution in [1.29, 1.82) is 0 Å². The molecule has 0 radical (unpaired) electrons. The van der Waals surface area contributed by atoms with Crippen LogP contribution in [0, 0.1) is 0 Å². The highest BCUT2D eigenvalue weighted by Crippen LogP contribution is 2.22. The van der Waals surface area contributed by atoms with E-state index in [0.717, 1.165) is 15.8 Å². The van der Waals surface area contributed by atoms with Crippen molar-refractivity contribution in [3.05, 3.63) is 28.2 Å². The Morgan fingerprint density at radius 2 is 2.22 bits per heavy atom. The fraction of sp³-hybridized carbons (Fsp3) is 0.462. The summed E-state index contributed by atoms with van der Waals surface area (Å²) in [4.78, 5) is 11.6. The molecule has 100 valence electrons. The first-order chi connectivity index (χ1) is 8.58. The molecule has 0 bridgehead atoms. The van der Waals surface area contributed by atoms with Gasteiger partial charge in [-0.2, -0.15) is 0 Å². The van der Waals surface area contributed by atoms with Crippen LogP contribution in [0.4, 0.5) is 0 Å². The van der Waals surface area contributed by atoms with Gasteiger partial charge in [0.05, 0.1) is 13.2 Å². The van der Waals surface area contributed by atoms with Crippen molar-refractivity contribution >= 4 is 21.8 Å². The summed E-state index contributed by atoms with van der Waals surface area (Å²) in [6.07, 6.45) is 0. The second-order valence-electron chi connectivity index (χ2n) is 3.95. The number of nitrogens with one attached hydrogen (secondary N) is 2. The number of halogens is 1. The Hall–Kier alpha value is -1.07. The first-order valence-corrected chi connectivity index (χ1v) is 6.71. The largest absolute Gasteiger partial charge is 0.497 e. The molecule has 0 spiro atoms. The zero-order valence-corrected chi connectivity index (χ0v) is 12.5. The van der Waals surface area contributed by atoms with E-state index in [1.165, 1.54) is 0 Å². The fourth-order valence-electron chi connectivity index (χ4n) is 1.50. The molecule has 18 heavy (non-hydrogen) atoms. The fourth-order valence-corrected chi connectivity index (χ4v) is 1.88. The second kappa shape index (κ2) is 7.38. The topological polar surface area (TPSA) is 50.4 Å². The highest BCUT2D eigenvalue weighted by Gasteiger charge is 2.11. The maximum atomic E-state index is 11.6. The highest BCUT2D eigenvalue weighted by molar-refractivity contribution is 9.10. The van der Waals surface area contributed by atoms with Crippen LogP contribution in [-0.2, 0) is 11.3 Å². The van der Waals surface area contributed by atoms with Gasteiger partial charge < -0.3 is 15.4 Å². The summed E-state index contributed by atoms with van der Waals surface area (Å²) in [6.45, 7) is 5.01. The number of carbonyl (C=O) groups excluding carboxylic acids is 1. The SMILES string of the molecule is CCNC(=O)C(C)NCc1cc(OC)ccc1Br. The van der Waals surface area contributed by atoms with Crippen LogP contribution < -0.4 is 15.4 Å². The predicted octanol–water partition coefficient (Wildman–Crippen LogP) is 2.07. The summed E-state index contributed by atoms with van der Waals surface area (Å²) in [6, 6.07) is 5.55. The van der Waals surface area contributed by atoms with Gasteiger partial charge in [0.1, 0.15) is 5.75 Å². The van der Waals surface area contributed by atoms with Crippen LogP contribution >= 0.6 is 15.9 Å². The predicted molar refractivity (Wildman–Crippen MR) is 75.7 cm³/mol. The van der Waals surface area contributed by atoms with Crippen molar-refractivity contribution in [3.63, 3.8) is 0 Å². The number of hydrogen-bond acceptors (Lipinski definition) is 3. The normalized spacial score (nSPS) is 12.0. The van der Waals surface area contributed by atoms with E-state index < -0.39 is 0 Å². The summed E-state index contributed by atoms with van der Waals surface area (Å²) in [5, 5.41) is 5.96. The van der Waals surface area contributed by atoms with Crippen LogP contribution in [0.3, 0.4) is 0 Å². The molecular weight excluding hydrogens is 296 g/mol. The summed E-state index contributed by atoms with van der Waals surface area (Å²) in [5.74, 6) is 0.817. The van der Waals surface area contributed by atoms with Gasteiger partial charge in [-0.3, -0.25) is 4.79 Å². The number of benzene rings is 1. The van der Waals surface area contributed by atoms with Gasteiger partial charge in [0, 0.05) is 17.6 Å². The van der Waals surface area contributed by atoms with Gasteiger partial charge in [-0.15, -0.1) is 0 Å². The molecule has 0 aromatic heterocycles. The van der Waals surface area contributed by atoms with E-state index in [1.807, 2.05) is 32.0 Å². The van der Waals surface area contributed by atoms with Crippen molar-refractivity contribution in [3.8, 4) is 5.75 Å². The van der Waals surface area contributed by atoms with Crippen LogP contribution in [0.1, 0.15) is 19.4 Å². The summed E-state index contributed by atoms with van der Waals surface area (Å²) < 4.78 is 6.17. The maximum Gasteiger partial charge on any atom is 0.236 e. The van der Waals surface area contributed by atoms with Crippen LogP contribution in [0.25, 0.3) is 0 Å². The lowest BCUT2D eigenvalue weighted by Crippen LogP contribution is -2.41. The molecule has 4 nitrogen and oxygen atoms in total. The van der Waals surface area contributed by atoms with Crippen molar-refractivity contribution in [2.45, 2.75) is 26.4 Å². The quantitative estimate of drug-likeness (QED) is 0.845. The Morgan fingerprint density at radius 3 is 2.83 bits per heavy atom. The molecule has 0 fully saturated rings. The standard InChI is InChI=1S/C13H19BrN2O2/c1-4-15-13(17)9(2)16-8-10-7-11(18-3)5-6-12(10)14/h5-7,9,16H,4,8H2,1-3H3,(H,15,17). The molecule has 0 aliphatic carbocycles. The highest BCUT2D eigenvalue weighted by atomic mass is 79.9. The third-order valence-corrected chi connectivity index (χ3v) is 3.37. The summed E-state index contributed by atoms with van der Waals surface area (Å²) >= 11 is 3.48. The number of rotatable bonds is 6. The average molecular weight is 315 g/mol. The van der Waals surface area contributed by atoms with Crippen molar-refractivity contribution in [2.24, 2.45) is 0 Å². The zero-order valence-electron chi connectivity index (χ0n) is 10.9. The van der Waals surface area contributed by atoms with Crippen LogP contribution in [0.2, 0.25) is 0 Å². The van der Waals surface area contributed by atoms with E-state index >= 15 is 0 Å². The molecule has 1 aromatic rings. The monoisotopic (exact) mass is 314 g/mol. The molecule has 0 heterocycles. The molecule has 0 aliphatic rings. The molecule has 5 heteroatoms. The molecule has 1 unspecified atom stereocenters. The van der Waals surface area contributed by atoms with E-state index in [1.54, 1.807) is 7.11 Å². The van der Waals surface area contributed by atoms with Crippen molar-refractivity contribution in [2.75, 3.05) is 13.7 Å². The molecule has 0 saturated heterocycles. The van der Waals surface area contributed by atoms with E-state index in [9.17, 15) is 4.79 Å². The van der Waals surface area contributed by atoms with E-state index in [0.29, 0.717) is 13.1 Å². The third-order valence-electron chi connectivity index (χ3n) is 2.60. The molecule has 2 N–H and O–H groups in total. The smallest absolute Gasteiger partial charge is 0.236 e. The minimum Gasteiger partial charge on any atom is -0.497 e. The lowest BCUT2D eigenvalue weighted by atomic mass is 10.2. The van der Waals surface area contributed by atoms with E-state index in [2.05, 4.69) is 26.6 Å². The lowest BCUT2D eigenvalue weighted by molar-refractivity contribution is -0.122. The molecular formula is C13H19BrN2O2. The molecule has 0 aliphatic heterocycles. The second-order valence-corrected chi connectivity index (χ2v) is 4.81. The van der Waals surface area contributed by atoms with Gasteiger partial charge in [0.25, 0.3) is 0 Å². The van der Waals surface area contributed by atoms with Gasteiger partial charge in [-0.05, 0) is 37.6 Å². The average Bonchev–Trinajstić information content (AvgIpc) is 2.37. The Morgan fingerprint density at radius 1 is 1.50 bits per heavy atom. The first-order valence-electron chi connectivity index (χ1n) is 5.92. The van der Waals surface area contributed by atoms with Gasteiger partial charge in [-0.25, -0.2) is 0 Å². The summed E-state index contributed by atoms with van der Waals surface area (Å²) in [5.41, 5.74) is 1.06. The van der Waals surface area contributed by atoms with Crippen molar-refractivity contribution < 1.29 is 9.53 Å². The Balaban J connectivity index is 2.60. The Labute approximate surface area is 116 Å². The molecule has 1 amide bonds. The van der Waals surface area contributed by atoms with Gasteiger partial charge in [0.15, 0.2) is 0 Å². The van der Waals surface area contributed by atoms with Crippen molar-refractivity contribution in [1.82, 2.24) is 10.6 Å². The molecule has 1 aromatic carbocycles. The minimum absolute atomic E-state index is 0.0107. The zero-order chi connectivity index (χ0) is 13.5. The third kappa shape index (κ3) is 4.31. The maximum absolute atomic E-state index is 11.6. The summed E-state index contributed by atoms with van der Waals surface area (Å²) in [7, 11) is 1.64. The van der Waals surface area contributed by atoms with Crippen LogP contribution in [-0.4, -0.2) is 25.6 Å². The van der Waals surface area contributed by atoms with Gasteiger partial charge >= 0.3 is 0 Å². The van der Waals surface area contributed by atoms with Gasteiger partial charge in [0.2, 0.25) is 5.91 Å². The molecule has 1 atom stereocenters.